The Bertz CT molecular complexity index is 1300. The Morgan fingerprint density at radius 2 is 1.64 bits per heavy atom. The normalized spacial score (nSPS) is 10.8. The minimum Gasteiger partial charge on any atom is -0.497 e. The van der Waals surface area contributed by atoms with Gasteiger partial charge in [0.2, 0.25) is 0 Å². The van der Waals surface area contributed by atoms with Crippen LogP contribution in [-0.4, -0.2) is 36.4 Å². The average molecular weight is 489 g/mol. The maximum Gasteiger partial charge on any atom is 0.338 e. The second-order valence-electron chi connectivity index (χ2n) is 7.34. The molecule has 36 heavy (non-hydrogen) atoms. The van der Waals surface area contributed by atoms with E-state index in [-0.39, 0.29) is 23.6 Å². The molecule has 10 heteroatoms. The van der Waals surface area contributed by atoms with Crippen LogP contribution in [0.2, 0.25) is 0 Å². The number of nitro benzene ring substituents is 1. The lowest BCUT2D eigenvalue weighted by Gasteiger charge is -2.12. The number of carbonyl (C=O) groups is 3. The van der Waals surface area contributed by atoms with Crippen LogP contribution >= 0.6 is 0 Å². The summed E-state index contributed by atoms with van der Waals surface area (Å²) >= 11 is 0. The Hall–Kier alpha value is -4.99. The van der Waals surface area contributed by atoms with Crippen molar-refractivity contribution in [2.24, 2.45) is 0 Å². The van der Waals surface area contributed by atoms with Gasteiger partial charge in [0.1, 0.15) is 11.4 Å². The molecule has 184 valence electrons. The van der Waals surface area contributed by atoms with Crippen molar-refractivity contribution in [1.29, 1.82) is 0 Å². The van der Waals surface area contributed by atoms with Gasteiger partial charge in [-0.1, -0.05) is 12.1 Å². The number of hydrogen-bond donors (Lipinski definition) is 2. The summed E-state index contributed by atoms with van der Waals surface area (Å²) in [5.41, 5.74) is 0.964. The molecule has 0 aliphatic heterocycles. The molecule has 0 atom stereocenters. The SMILES string of the molecule is CCOC(=O)c1ccc(NC(=O)/C(=C\c2cccc([N+](=O)[O-])c2)NC(=O)c2ccc(OC)cc2)cc1. The fourth-order valence-corrected chi connectivity index (χ4v) is 3.09. The molecule has 0 fully saturated rings. The molecule has 0 unspecified atom stereocenters. The first-order valence-electron chi connectivity index (χ1n) is 10.8. The van der Waals surface area contributed by atoms with Gasteiger partial charge < -0.3 is 20.1 Å². The molecule has 2 amide bonds. The smallest absolute Gasteiger partial charge is 0.338 e. The van der Waals surface area contributed by atoms with E-state index in [2.05, 4.69) is 10.6 Å². The van der Waals surface area contributed by atoms with E-state index in [1.165, 1.54) is 67.8 Å². The fraction of sp³-hybridized carbons (Fsp3) is 0.115. The molecule has 0 aromatic heterocycles. The molecule has 0 heterocycles. The van der Waals surface area contributed by atoms with Gasteiger partial charge in [0.15, 0.2) is 0 Å². The van der Waals surface area contributed by atoms with E-state index in [1.807, 2.05) is 0 Å². The average Bonchev–Trinajstić information content (AvgIpc) is 2.89. The number of carbonyl (C=O) groups excluding carboxylic acids is 3. The summed E-state index contributed by atoms with van der Waals surface area (Å²) in [6.07, 6.45) is 1.33. The van der Waals surface area contributed by atoms with E-state index in [1.54, 1.807) is 25.1 Å². The van der Waals surface area contributed by atoms with Crippen molar-refractivity contribution in [3.8, 4) is 5.75 Å². The predicted molar refractivity (Wildman–Crippen MR) is 133 cm³/mol. The number of methoxy groups -OCH3 is 1. The van der Waals surface area contributed by atoms with Crippen molar-refractivity contribution in [3.63, 3.8) is 0 Å². The summed E-state index contributed by atoms with van der Waals surface area (Å²) in [5.74, 6) is -1.18. The zero-order valence-electron chi connectivity index (χ0n) is 19.5. The molecule has 0 bridgehead atoms. The highest BCUT2D eigenvalue weighted by atomic mass is 16.6. The van der Waals surface area contributed by atoms with Gasteiger partial charge in [0.25, 0.3) is 17.5 Å². The fourth-order valence-electron chi connectivity index (χ4n) is 3.09. The number of nitro groups is 1. The lowest BCUT2D eigenvalue weighted by atomic mass is 10.1. The molecule has 0 radical (unpaired) electrons. The van der Waals surface area contributed by atoms with Crippen LogP contribution in [0.5, 0.6) is 5.75 Å². The van der Waals surface area contributed by atoms with Crippen molar-refractivity contribution in [2.75, 3.05) is 19.0 Å². The Morgan fingerprint density at radius 1 is 0.972 bits per heavy atom. The lowest BCUT2D eigenvalue weighted by Crippen LogP contribution is -2.30. The van der Waals surface area contributed by atoms with Gasteiger partial charge in [0.05, 0.1) is 24.2 Å². The first kappa shape index (κ1) is 25.6. The van der Waals surface area contributed by atoms with E-state index >= 15 is 0 Å². The van der Waals surface area contributed by atoms with Gasteiger partial charge in [-0.3, -0.25) is 19.7 Å². The van der Waals surface area contributed by atoms with Crippen molar-refractivity contribution in [3.05, 3.63) is 105 Å². The van der Waals surface area contributed by atoms with Crippen LogP contribution in [0.25, 0.3) is 6.08 Å². The van der Waals surface area contributed by atoms with Crippen molar-refractivity contribution in [1.82, 2.24) is 5.32 Å². The molecule has 3 aromatic carbocycles. The number of amides is 2. The molecule has 0 saturated heterocycles. The van der Waals surface area contributed by atoms with E-state index in [0.717, 1.165) is 0 Å². The van der Waals surface area contributed by atoms with Crippen molar-refractivity contribution >= 4 is 35.2 Å². The summed E-state index contributed by atoms with van der Waals surface area (Å²) in [4.78, 5) is 48.3. The van der Waals surface area contributed by atoms with Gasteiger partial charge in [-0.15, -0.1) is 0 Å². The number of nitrogens with zero attached hydrogens (tertiary/aromatic N) is 1. The molecule has 3 rings (SSSR count). The summed E-state index contributed by atoms with van der Waals surface area (Å²) in [7, 11) is 1.50. The first-order chi connectivity index (χ1) is 17.3. The highest BCUT2D eigenvalue weighted by molar-refractivity contribution is 6.10. The molecule has 2 N–H and O–H groups in total. The Labute approximate surface area is 206 Å². The number of rotatable bonds is 9. The molecule has 0 aliphatic carbocycles. The molecule has 10 nitrogen and oxygen atoms in total. The number of hydrogen-bond acceptors (Lipinski definition) is 7. The Balaban J connectivity index is 1.87. The Morgan fingerprint density at radius 3 is 2.25 bits per heavy atom. The van der Waals surface area contributed by atoms with Crippen LogP contribution in [0.15, 0.2) is 78.5 Å². The third-order valence-electron chi connectivity index (χ3n) is 4.89. The summed E-state index contributed by atoms with van der Waals surface area (Å²) in [5, 5.41) is 16.3. The quantitative estimate of drug-likeness (QED) is 0.199. The van der Waals surface area contributed by atoms with E-state index in [4.69, 9.17) is 9.47 Å². The molecule has 3 aromatic rings. The van der Waals surface area contributed by atoms with E-state index in [9.17, 15) is 24.5 Å². The molecule has 0 aliphatic rings. The maximum atomic E-state index is 13.1. The van der Waals surface area contributed by atoms with Crippen molar-refractivity contribution < 1.29 is 28.8 Å². The highest BCUT2D eigenvalue weighted by Gasteiger charge is 2.17. The zero-order chi connectivity index (χ0) is 26.1. The van der Waals surface area contributed by atoms with Gasteiger partial charge in [-0.25, -0.2) is 4.79 Å². The number of benzene rings is 3. The molecular formula is C26H23N3O7. The van der Waals surface area contributed by atoms with E-state index < -0.39 is 22.7 Å². The molecular weight excluding hydrogens is 466 g/mol. The van der Waals surface area contributed by atoms with Gasteiger partial charge in [0, 0.05) is 23.4 Å². The monoisotopic (exact) mass is 489 g/mol. The third kappa shape index (κ3) is 6.76. The predicted octanol–water partition coefficient (Wildman–Crippen LogP) is 4.19. The van der Waals surface area contributed by atoms with Gasteiger partial charge >= 0.3 is 5.97 Å². The highest BCUT2D eigenvalue weighted by Crippen LogP contribution is 2.18. The number of nitrogens with one attached hydrogen (secondary N) is 2. The van der Waals surface area contributed by atoms with Crippen LogP contribution in [0.4, 0.5) is 11.4 Å². The minimum absolute atomic E-state index is 0.147. The summed E-state index contributed by atoms with van der Waals surface area (Å²) < 4.78 is 10.0. The third-order valence-corrected chi connectivity index (χ3v) is 4.89. The van der Waals surface area contributed by atoms with Gasteiger partial charge in [-0.2, -0.15) is 0 Å². The zero-order valence-corrected chi connectivity index (χ0v) is 19.5. The number of anilines is 1. The van der Waals surface area contributed by atoms with Crippen molar-refractivity contribution in [2.45, 2.75) is 6.92 Å². The van der Waals surface area contributed by atoms with Gasteiger partial charge in [-0.05, 0) is 67.1 Å². The molecule has 0 spiro atoms. The second-order valence-corrected chi connectivity index (χ2v) is 7.34. The number of non-ortho nitro benzene ring substituents is 1. The molecule has 0 saturated carbocycles. The minimum atomic E-state index is -0.674. The summed E-state index contributed by atoms with van der Waals surface area (Å²) in [6.45, 7) is 1.93. The van der Waals surface area contributed by atoms with Crippen LogP contribution in [0.1, 0.15) is 33.2 Å². The largest absolute Gasteiger partial charge is 0.497 e. The number of esters is 1. The van der Waals surface area contributed by atoms with Crippen LogP contribution in [0, 0.1) is 10.1 Å². The van der Waals surface area contributed by atoms with Crippen LogP contribution in [-0.2, 0) is 9.53 Å². The first-order valence-corrected chi connectivity index (χ1v) is 10.8. The van der Waals surface area contributed by atoms with Crippen LogP contribution in [0.3, 0.4) is 0 Å². The van der Waals surface area contributed by atoms with E-state index in [0.29, 0.717) is 22.6 Å². The Kier molecular flexibility index (Phi) is 8.49. The standard InChI is InChI=1S/C26H23N3O7/c1-3-36-26(32)19-7-11-20(12-8-19)27-25(31)23(16-17-5-4-6-21(15-17)29(33)34)28-24(30)18-9-13-22(35-2)14-10-18/h4-16H,3H2,1-2H3,(H,27,31)(H,28,30)/b23-16+. The second kappa shape index (κ2) is 11.9. The van der Waals surface area contributed by atoms with Crippen LogP contribution < -0.4 is 15.4 Å². The summed E-state index contributed by atoms with van der Waals surface area (Å²) in [6, 6.07) is 17.9. The topological polar surface area (TPSA) is 137 Å². The number of ether oxygens (including phenoxy) is 2. The lowest BCUT2D eigenvalue weighted by molar-refractivity contribution is -0.384. The maximum absolute atomic E-state index is 13.1.